The molecule has 3 rings (SSSR count). The maximum Gasteiger partial charge on any atom is 0.153 e. The highest BCUT2D eigenvalue weighted by atomic mass is 15.5. The zero-order chi connectivity index (χ0) is 13.8. The zero-order valence-electron chi connectivity index (χ0n) is 11.9. The van der Waals surface area contributed by atoms with E-state index in [-0.39, 0.29) is 0 Å². The van der Waals surface area contributed by atoms with Gasteiger partial charge in [-0.2, -0.15) is 0 Å². The number of fused-ring (bicyclic) bond motifs is 1. The van der Waals surface area contributed by atoms with E-state index in [4.69, 9.17) is 0 Å². The van der Waals surface area contributed by atoms with Gasteiger partial charge in [-0.15, -0.1) is 0 Å². The van der Waals surface area contributed by atoms with E-state index in [1.54, 1.807) is 6.33 Å². The maximum atomic E-state index is 4.36. The molecule has 6 nitrogen and oxygen atoms in total. The Morgan fingerprint density at radius 2 is 2.40 bits per heavy atom. The summed E-state index contributed by atoms with van der Waals surface area (Å²) in [5.74, 6) is 1.60. The number of hydrazine groups is 1. The van der Waals surface area contributed by atoms with Gasteiger partial charge < -0.3 is 15.7 Å². The van der Waals surface area contributed by atoms with Crippen LogP contribution in [0.15, 0.2) is 18.6 Å². The molecule has 0 amide bonds. The second kappa shape index (κ2) is 6.19. The molecule has 0 saturated carbocycles. The molecule has 3 N–H and O–H groups in total. The average molecular weight is 274 g/mol. The van der Waals surface area contributed by atoms with Gasteiger partial charge in [0, 0.05) is 19.3 Å². The standard InChI is InChI=1S/C14H22N6/c1-2-15-8-11-4-3-7-20(9-11)19-14-12-5-6-16-13(12)17-10-18-14/h5-6,10-11,15H,2-4,7-9H2,1H3,(H2,16,17,18,19). The highest BCUT2D eigenvalue weighted by Gasteiger charge is 2.20. The third-order valence-corrected chi connectivity index (χ3v) is 3.82. The molecule has 20 heavy (non-hydrogen) atoms. The molecular weight excluding hydrogens is 252 g/mol. The zero-order valence-corrected chi connectivity index (χ0v) is 11.9. The number of H-pyrrole nitrogens is 1. The minimum atomic E-state index is 0.708. The summed E-state index contributed by atoms with van der Waals surface area (Å²) in [6.45, 7) is 6.42. The Labute approximate surface area is 119 Å². The summed E-state index contributed by atoms with van der Waals surface area (Å²) < 4.78 is 0. The summed E-state index contributed by atoms with van der Waals surface area (Å²) >= 11 is 0. The maximum absolute atomic E-state index is 4.36. The molecule has 6 heteroatoms. The van der Waals surface area contributed by atoms with Gasteiger partial charge in [0.1, 0.15) is 12.0 Å². The van der Waals surface area contributed by atoms with Crippen molar-refractivity contribution in [3.8, 4) is 0 Å². The molecule has 0 aromatic carbocycles. The first kappa shape index (κ1) is 13.3. The van der Waals surface area contributed by atoms with Gasteiger partial charge in [0.15, 0.2) is 5.82 Å². The molecule has 108 valence electrons. The predicted octanol–water partition coefficient (Wildman–Crippen LogP) is 1.61. The molecule has 2 aromatic rings. The van der Waals surface area contributed by atoms with E-state index in [0.717, 1.165) is 43.0 Å². The molecule has 0 bridgehead atoms. The Bertz CT molecular complexity index is 551. The number of rotatable bonds is 5. The number of hydrogen-bond acceptors (Lipinski definition) is 5. The Kier molecular flexibility index (Phi) is 4.13. The molecule has 1 aliphatic heterocycles. The molecule has 1 aliphatic rings. The lowest BCUT2D eigenvalue weighted by molar-refractivity contribution is 0.204. The number of anilines is 1. The summed E-state index contributed by atoms with van der Waals surface area (Å²) in [5.41, 5.74) is 4.33. The molecule has 1 unspecified atom stereocenters. The summed E-state index contributed by atoms with van der Waals surface area (Å²) in [4.78, 5) is 11.7. The van der Waals surface area contributed by atoms with E-state index < -0.39 is 0 Å². The lowest BCUT2D eigenvalue weighted by Gasteiger charge is -2.33. The van der Waals surface area contributed by atoms with Crippen LogP contribution in [0.4, 0.5) is 5.82 Å². The van der Waals surface area contributed by atoms with Crippen LogP contribution >= 0.6 is 0 Å². The third kappa shape index (κ3) is 2.91. The highest BCUT2D eigenvalue weighted by molar-refractivity contribution is 5.86. The lowest BCUT2D eigenvalue weighted by Crippen LogP contribution is -2.42. The van der Waals surface area contributed by atoms with Crippen molar-refractivity contribution >= 4 is 16.9 Å². The van der Waals surface area contributed by atoms with Crippen LogP contribution in [0.1, 0.15) is 19.8 Å². The lowest BCUT2D eigenvalue weighted by atomic mass is 9.99. The van der Waals surface area contributed by atoms with Gasteiger partial charge in [0.2, 0.25) is 0 Å². The van der Waals surface area contributed by atoms with Gasteiger partial charge in [0.05, 0.1) is 5.39 Å². The van der Waals surface area contributed by atoms with Crippen LogP contribution in [0.25, 0.3) is 11.0 Å². The van der Waals surface area contributed by atoms with Crippen LogP contribution in [0.2, 0.25) is 0 Å². The Hall–Kier alpha value is -1.66. The van der Waals surface area contributed by atoms with E-state index in [1.807, 2.05) is 12.3 Å². The largest absolute Gasteiger partial charge is 0.346 e. The van der Waals surface area contributed by atoms with Crippen LogP contribution in [-0.2, 0) is 0 Å². The van der Waals surface area contributed by atoms with Crippen molar-refractivity contribution in [2.45, 2.75) is 19.8 Å². The SMILES string of the molecule is CCNCC1CCCN(Nc2ncnc3[nH]ccc23)C1. The number of aromatic nitrogens is 3. The van der Waals surface area contributed by atoms with E-state index in [1.165, 1.54) is 12.8 Å². The van der Waals surface area contributed by atoms with Crippen LogP contribution < -0.4 is 10.7 Å². The Balaban J connectivity index is 1.66. The van der Waals surface area contributed by atoms with Crippen molar-refractivity contribution in [1.29, 1.82) is 0 Å². The van der Waals surface area contributed by atoms with Crippen molar-refractivity contribution in [3.63, 3.8) is 0 Å². The van der Waals surface area contributed by atoms with Crippen molar-refractivity contribution in [3.05, 3.63) is 18.6 Å². The normalized spacial score (nSPS) is 20.4. The molecule has 1 fully saturated rings. The number of hydrogen-bond donors (Lipinski definition) is 3. The fourth-order valence-corrected chi connectivity index (χ4v) is 2.79. The van der Waals surface area contributed by atoms with Crippen LogP contribution in [-0.4, -0.2) is 46.1 Å². The molecule has 3 heterocycles. The van der Waals surface area contributed by atoms with Crippen molar-refractivity contribution in [2.75, 3.05) is 31.6 Å². The molecule has 1 atom stereocenters. The second-order valence-corrected chi connectivity index (χ2v) is 5.34. The van der Waals surface area contributed by atoms with Gasteiger partial charge in [-0.25, -0.2) is 15.0 Å². The van der Waals surface area contributed by atoms with E-state index >= 15 is 0 Å². The van der Waals surface area contributed by atoms with Gasteiger partial charge in [0.25, 0.3) is 0 Å². The molecule has 2 aromatic heterocycles. The number of aromatic amines is 1. The number of nitrogens with zero attached hydrogens (tertiary/aromatic N) is 3. The fourth-order valence-electron chi connectivity index (χ4n) is 2.79. The Morgan fingerprint density at radius 1 is 1.45 bits per heavy atom. The summed E-state index contributed by atoms with van der Waals surface area (Å²) in [6, 6.07) is 2.01. The summed E-state index contributed by atoms with van der Waals surface area (Å²) in [6.07, 6.45) is 6.02. The summed E-state index contributed by atoms with van der Waals surface area (Å²) in [7, 11) is 0. The fraction of sp³-hybridized carbons (Fsp3) is 0.571. The molecule has 0 spiro atoms. The van der Waals surface area contributed by atoms with Crippen LogP contribution in [0.5, 0.6) is 0 Å². The smallest absolute Gasteiger partial charge is 0.153 e. The van der Waals surface area contributed by atoms with Crippen molar-refractivity contribution < 1.29 is 0 Å². The van der Waals surface area contributed by atoms with Gasteiger partial charge in [-0.05, 0) is 37.9 Å². The van der Waals surface area contributed by atoms with Crippen molar-refractivity contribution in [1.82, 2.24) is 25.3 Å². The summed E-state index contributed by atoms with van der Waals surface area (Å²) in [5, 5.41) is 6.76. The number of nitrogens with one attached hydrogen (secondary N) is 3. The topological polar surface area (TPSA) is 68.9 Å². The van der Waals surface area contributed by atoms with Crippen LogP contribution in [0.3, 0.4) is 0 Å². The van der Waals surface area contributed by atoms with Gasteiger partial charge in [-0.1, -0.05) is 6.92 Å². The minimum Gasteiger partial charge on any atom is -0.346 e. The van der Waals surface area contributed by atoms with Crippen LogP contribution in [0, 0.1) is 5.92 Å². The first-order valence-electron chi connectivity index (χ1n) is 7.37. The third-order valence-electron chi connectivity index (χ3n) is 3.82. The number of piperidine rings is 1. The minimum absolute atomic E-state index is 0.708. The predicted molar refractivity (Wildman–Crippen MR) is 80.4 cm³/mol. The van der Waals surface area contributed by atoms with E-state index in [2.05, 4.69) is 37.6 Å². The monoisotopic (exact) mass is 274 g/mol. The molecular formula is C14H22N6. The van der Waals surface area contributed by atoms with Gasteiger partial charge >= 0.3 is 0 Å². The second-order valence-electron chi connectivity index (χ2n) is 5.34. The van der Waals surface area contributed by atoms with E-state index in [9.17, 15) is 0 Å². The highest BCUT2D eigenvalue weighted by Crippen LogP contribution is 2.21. The molecule has 1 saturated heterocycles. The first-order chi connectivity index (χ1) is 9.86. The first-order valence-corrected chi connectivity index (χ1v) is 7.37. The average Bonchev–Trinajstić information content (AvgIpc) is 2.95. The van der Waals surface area contributed by atoms with Crippen molar-refractivity contribution in [2.24, 2.45) is 5.92 Å². The van der Waals surface area contributed by atoms with Gasteiger partial charge in [-0.3, -0.25) is 0 Å². The quantitative estimate of drug-likeness (QED) is 0.773. The molecule has 0 radical (unpaired) electrons. The Morgan fingerprint density at radius 3 is 3.30 bits per heavy atom. The molecule has 0 aliphatic carbocycles. The van der Waals surface area contributed by atoms with E-state index in [0.29, 0.717) is 5.92 Å².